The number of ether oxygens (including phenoxy) is 1. The number of nitrogen functional groups attached to an aromatic ring is 1. The SMILES string of the molecule is Nc1ncnc(OC2CCCC2)c1Br. The van der Waals surface area contributed by atoms with E-state index in [-0.39, 0.29) is 0 Å². The molecule has 0 aliphatic heterocycles. The van der Waals surface area contributed by atoms with Crippen molar-refractivity contribution in [3.63, 3.8) is 0 Å². The highest BCUT2D eigenvalue weighted by Crippen LogP contribution is 2.30. The molecule has 1 saturated carbocycles. The Hall–Kier alpha value is -0.840. The van der Waals surface area contributed by atoms with Crippen LogP contribution in [-0.4, -0.2) is 16.1 Å². The number of halogens is 1. The lowest BCUT2D eigenvalue weighted by atomic mass is 10.3. The van der Waals surface area contributed by atoms with Crippen LogP contribution in [-0.2, 0) is 0 Å². The molecule has 1 aliphatic carbocycles. The van der Waals surface area contributed by atoms with Crippen molar-refractivity contribution in [1.29, 1.82) is 0 Å². The largest absolute Gasteiger partial charge is 0.473 e. The summed E-state index contributed by atoms with van der Waals surface area (Å²) in [5.41, 5.74) is 5.62. The molecule has 0 unspecified atom stereocenters. The van der Waals surface area contributed by atoms with Gasteiger partial charge >= 0.3 is 0 Å². The second-order valence-electron chi connectivity index (χ2n) is 3.40. The Morgan fingerprint density at radius 3 is 2.79 bits per heavy atom. The van der Waals surface area contributed by atoms with Crippen molar-refractivity contribution in [2.75, 3.05) is 5.73 Å². The molecule has 4 nitrogen and oxygen atoms in total. The average Bonchev–Trinajstić information content (AvgIpc) is 2.66. The molecule has 14 heavy (non-hydrogen) atoms. The van der Waals surface area contributed by atoms with Crippen LogP contribution in [0, 0.1) is 0 Å². The predicted molar refractivity (Wildman–Crippen MR) is 57.0 cm³/mol. The number of hydrogen-bond acceptors (Lipinski definition) is 4. The van der Waals surface area contributed by atoms with Gasteiger partial charge in [-0.15, -0.1) is 0 Å². The van der Waals surface area contributed by atoms with Gasteiger partial charge in [0.1, 0.15) is 22.7 Å². The summed E-state index contributed by atoms with van der Waals surface area (Å²) in [6.45, 7) is 0. The van der Waals surface area contributed by atoms with Gasteiger partial charge in [-0.05, 0) is 41.6 Å². The lowest BCUT2D eigenvalue weighted by Crippen LogP contribution is -2.12. The zero-order chi connectivity index (χ0) is 9.97. The van der Waals surface area contributed by atoms with Crippen LogP contribution in [0.25, 0.3) is 0 Å². The van der Waals surface area contributed by atoms with Crippen molar-refractivity contribution in [2.24, 2.45) is 0 Å². The molecule has 0 radical (unpaired) electrons. The molecule has 76 valence electrons. The zero-order valence-corrected chi connectivity index (χ0v) is 9.33. The van der Waals surface area contributed by atoms with Crippen molar-refractivity contribution in [2.45, 2.75) is 31.8 Å². The van der Waals surface area contributed by atoms with Crippen molar-refractivity contribution < 1.29 is 4.74 Å². The van der Waals surface area contributed by atoms with Gasteiger partial charge in [-0.3, -0.25) is 0 Å². The fraction of sp³-hybridized carbons (Fsp3) is 0.556. The van der Waals surface area contributed by atoms with Gasteiger partial charge in [0.15, 0.2) is 0 Å². The third kappa shape index (κ3) is 1.97. The molecular weight excluding hydrogens is 246 g/mol. The Kier molecular flexibility index (Phi) is 2.86. The van der Waals surface area contributed by atoms with E-state index in [0.29, 0.717) is 22.3 Å². The maximum atomic E-state index is 5.71. The van der Waals surface area contributed by atoms with Crippen LogP contribution in [0.1, 0.15) is 25.7 Å². The van der Waals surface area contributed by atoms with E-state index in [9.17, 15) is 0 Å². The molecule has 2 N–H and O–H groups in total. The third-order valence-corrected chi connectivity index (χ3v) is 3.11. The third-order valence-electron chi connectivity index (χ3n) is 2.36. The quantitative estimate of drug-likeness (QED) is 0.882. The van der Waals surface area contributed by atoms with E-state index in [1.54, 1.807) is 0 Å². The van der Waals surface area contributed by atoms with Gasteiger partial charge in [0, 0.05) is 0 Å². The van der Waals surface area contributed by atoms with Gasteiger partial charge in [0.25, 0.3) is 0 Å². The van der Waals surface area contributed by atoms with E-state index in [1.165, 1.54) is 19.2 Å². The highest BCUT2D eigenvalue weighted by atomic mass is 79.9. The smallest absolute Gasteiger partial charge is 0.233 e. The molecule has 0 bridgehead atoms. The minimum Gasteiger partial charge on any atom is -0.473 e. The van der Waals surface area contributed by atoms with E-state index in [1.807, 2.05) is 0 Å². The van der Waals surface area contributed by atoms with Gasteiger partial charge < -0.3 is 10.5 Å². The van der Waals surface area contributed by atoms with E-state index in [2.05, 4.69) is 25.9 Å². The standard InChI is InChI=1S/C9H12BrN3O/c10-7-8(11)12-5-13-9(7)14-6-3-1-2-4-6/h5-6H,1-4H2,(H2,11,12,13). The van der Waals surface area contributed by atoms with Crippen LogP contribution in [0.4, 0.5) is 5.82 Å². The van der Waals surface area contributed by atoms with Crippen molar-refractivity contribution in [3.05, 3.63) is 10.8 Å². The number of rotatable bonds is 2. The fourth-order valence-corrected chi connectivity index (χ4v) is 1.91. The van der Waals surface area contributed by atoms with E-state index in [0.717, 1.165) is 12.8 Å². The molecule has 0 saturated heterocycles. The Bertz CT molecular complexity index is 326. The first-order chi connectivity index (χ1) is 6.77. The minimum atomic E-state index is 0.292. The summed E-state index contributed by atoms with van der Waals surface area (Å²) < 4.78 is 6.37. The molecule has 0 amide bonds. The number of nitrogens with zero attached hydrogens (tertiary/aromatic N) is 2. The molecule has 1 aromatic rings. The topological polar surface area (TPSA) is 61.0 Å². The van der Waals surface area contributed by atoms with E-state index < -0.39 is 0 Å². The van der Waals surface area contributed by atoms with Gasteiger partial charge in [-0.25, -0.2) is 9.97 Å². The summed E-state index contributed by atoms with van der Waals surface area (Å²) in [5, 5.41) is 0. The summed E-state index contributed by atoms with van der Waals surface area (Å²) >= 11 is 3.31. The number of aromatic nitrogens is 2. The van der Waals surface area contributed by atoms with Crippen molar-refractivity contribution >= 4 is 21.7 Å². The van der Waals surface area contributed by atoms with Gasteiger partial charge in [-0.1, -0.05) is 0 Å². The summed E-state index contributed by atoms with van der Waals surface area (Å²) in [5.74, 6) is 0.984. The molecule has 1 aromatic heterocycles. The highest BCUT2D eigenvalue weighted by Gasteiger charge is 2.18. The van der Waals surface area contributed by atoms with Crippen LogP contribution in [0.2, 0.25) is 0 Å². The zero-order valence-electron chi connectivity index (χ0n) is 7.74. The van der Waals surface area contributed by atoms with Crippen LogP contribution < -0.4 is 10.5 Å². The fourth-order valence-electron chi connectivity index (χ4n) is 1.61. The first kappa shape index (κ1) is 9.71. The second-order valence-corrected chi connectivity index (χ2v) is 4.20. The first-order valence-electron chi connectivity index (χ1n) is 4.70. The molecule has 1 aliphatic rings. The van der Waals surface area contributed by atoms with Crippen LogP contribution >= 0.6 is 15.9 Å². The summed E-state index contributed by atoms with van der Waals surface area (Å²) in [4.78, 5) is 7.90. The molecule has 1 fully saturated rings. The molecule has 0 spiro atoms. The number of nitrogens with two attached hydrogens (primary N) is 1. The maximum Gasteiger partial charge on any atom is 0.233 e. The average molecular weight is 258 g/mol. The monoisotopic (exact) mass is 257 g/mol. The second kappa shape index (κ2) is 4.13. The summed E-state index contributed by atoms with van der Waals surface area (Å²) in [6.07, 6.45) is 6.41. The van der Waals surface area contributed by atoms with Gasteiger partial charge in [-0.2, -0.15) is 0 Å². The van der Waals surface area contributed by atoms with Gasteiger partial charge in [0.2, 0.25) is 5.88 Å². The van der Waals surface area contributed by atoms with Crippen molar-refractivity contribution in [1.82, 2.24) is 9.97 Å². The van der Waals surface area contributed by atoms with Crippen LogP contribution in [0.3, 0.4) is 0 Å². The van der Waals surface area contributed by atoms with E-state index in [4.69, 9.17) is 10.5 Å². The molecular formula is C9H12BrN3O. The summed E-state index contributed by atoms with van der Waals surface area (Å²) in [6, 6.07) is 0. The Morgan fingerprint density at radius 1 is 1.36 bits per heavy atom. The molecule has 0 atom stereocenters. The number of anilines is 1. The van der Waals surface area contributed by atoms with Gasteiger partial charge in [0.05, 0.1) is 0 Å². The van der Waals surface area contributed by atoms with Crippen LogP contribution in [0.5, 0.6) is 5.88 Å². The first-order valence-corrected chi connectivity index (χ1v) is 5.49. The normalized spacial score (nSPS) is 17.2. The molecule has 1 heterocycles. The maximum absolute atomic E-state index is 5.71. The lowest BCUT2D eigenvalue weighted by Gasteiger charge is -2.13. The van der Waals surface area contributed by atoms with E-state index >= 15 is 0 Å². The molecule has 2 rings (SSSR count). The van der Waals surface area contributed by atoms with Crippen LogP contribution in [0.15, 0.2) is 10.8 Å². The number of hydrogen-bond donors (Lipinski definition) is 1. The molecule has 5 heteroatoms. The minimum absolute atomic E-state index is 0.292. The Labute approximate surface area is 91.0 Å². The highest BCUT2D eigenvalue weighted by molar-refractivity contribution is 9.10. The molecule has 0 aromatic carbocycles. The predicted octanol–water partition coefficient (Wildman–Crippen LogP) is 2.14. The lowest BCUT2D eigenvalue weighted by molar-refractivity contribution is 0.200. The summed E-state index contributed by atoms with van der Waals surface area (Å²) in [7, 11) is 0. The Balaban J connectivity index is 2.11. The van der Waals surface area contributed by atoms with Crippen molar-refractivity contribution in [3.8, 4) is 5.88 Å². The Morgan fingerprint density at radius 2 is 2.07 bits per heavy atom.